The topological polar surface area (TPSA) is 111 Å². The summed E-state index contributed by atoms with van der Waals surface area (Å²) in [5.41, 5.74) is 0. The fourth-order valence-electron chi connectivity index (χ4n) is 5.07. The first kappa shape index (κ1) is 53.2. The van der Waals surface area contributed by atoms with E-state index in [1.807, 2.05) is 27.2 Å². The second-order valence-corrected chi connectivity index (χ2v) is 16.4. The van der Waals surface area contributed by atoms with Gasteiger partial charge in [-0.1, -0.05) is 131 Å². The van der Waals surface area contributed by atoms with Crippen LogP contribution in [0.4, 0.5) is 0 Å². The Morgan fingerprint density at radius 1 is 0.571 bits per heavy atom. The molecule has 0 aliphatic heterocycles. The molecular weight excluding hydrogens is 725 g/mol. The minimum Gasteiger partial charge on any atom is -0.756 e. The van der Waals surface area contributed by atoms with Gasteiger partial charge in [-0.3, -0.25) is 14.2 Å². The molecular formula is C46H78NO8P. The standard InChI is InChI=1S/C46H78NO8P/c1-6-8-10-12-14-16-18-20-22-23-25-27-29-31-33-35-37-39-46(49)55-44(43-54-56(50,51)53-41-40-47(3,4)5)42-52-45(48)38-36-34-32-30-28-26-24-21-19-17-15-13-11-9-7-2/h8,10,14-17,20-22,24-25,27,31,33,44H,6-7,9,11-13,18-19,23,26,28-30,32,34-43H2,1-5H3/b10-8-,16-14-,17-15-,22-20-,24-21-,27-25-,33-31-/t44-/m1/s1. The van der Waals surface area contributed by atoms with E-state index < -0.39 is 32.5 Å². The molecule has 0 rings (SSSR count). The molecule has 2 atom stereocenters. The molecule has 320 valence electrons. The van der Waals surface area contributed by atoms with E-state index in [2.05, 4.69) is 92.8 Å². The smallest absolute Gasteiger partial charge is 0.306 e. The number of nitrogens with zero attached hydrogens (tertiary/aromatic N) is 1. The van der Waals surface area contributed by atoms with E-state index in [0.29, 0.717) is 30.3 Å². The number of quaternary nitrogens is 1. The highest BCUT2D eigenvalue weighted by atomic mass is 31.2. The number of ether oxygens (including phenoxy) is 2. The van der Waals surface area contributed by atoms with Crippen molar-refractivity contribution < 1.29 is 42.1 Å². The molecule has 0 bridgehead atoms. The van der Waals surface area contributed by atoms with E-state index in [0.717, 1.165) is 70.6 Å². The lowest BCUT2D eigenvalue weighted by Gasteiger charge is -2.28. The van der Waals surface area contributed by atoms with E-state index in [9.17, 15) is 19.0 Å². The number of carbonyl (C=O) groups excluding carboxylic acids is 2. The van der Waals surface area contributed by atoms with Crippen molar-refractivity contribution in [3.63, 3.8) is 0 Å². The minimum atomic E-state index is -4.65. The quantitative estimate of drug-likeness (QED) is 0.0201. The largest absolute Gasteiger partial charge is 0.756 e. The van der Waals surface area contributed by atoms with E-state index in [4.69, 9.17) is 18.5 Å². The number of hydrogen-bond acceptors (Lipinski definition) is 8. The van der Waals surface area contributed by atoms with Gasteiger partial charge >= 0.3 is 11.9 Å². The molecule has 0 aromatic carbocycles. The third-order valence-electron chi connectivity index (χ3n) is 8.40. The molecule has 56 heavy (non-hydrogen) atoms. The first-order valence-electron chi connectivity index (χ1n) is 21.3. The summed E-state index contributed by atoms with van der Waals surface area (Å²) >= 11 is 0. The number of hydrogen-bond donors (Lipinski definition) is 0. The summed E-state index contributed by atoms with van der Waals surface area (Å²) in [5, 5.41) is 0. The number of phosphoric ester groups is 1. The van der Waals surface area contributed by atoms with Crippen LogP contribution in [0.3, 0.4) is 0 Å². The third-order valence-corrected chi connectivity index (χ3v) is 9.36. The average Bonchev–Trinajstić information content (AvgIpc) is 3.15. The second-order valence-electron chi connectivity index (χ2n) is 15.0. The van der Waals surface area contributed by atoms with E-state index in [1.54, 1.807) is 0 Å². The minimum absolute atomic E-state index is 0.0485. The Morgan fingerprint density at radius 3 is 1.57 bits per heavy atom. The Labute approximate surface area is 341 Å². The monoisotopic (exact) mass is 804 g/mol. The molecule has 0 aromatic rings. The van der Waals surface area contributed by atoms with E-state index in [1.165, 1.54) is 25.7 Å². The van der Waals surface area contributed by atoms with Crippen LogP contribution in [0.2, 0.25) is 0 Å². The zero-order valence-corrected chi connectivity index (χ0v) is 36.7. The van der Waals surface area contributed by atoms with Crippen molar-refractivity contribution in [3.05, 3.63) is 85.1 Å². The van der Waals surface area contributed by atoms with Crippen LogP contribution in [0.15, 0.2) is 85.1 Å². The first-order valence-corrected chi connectivity index (χ1v) is 22.8. The lowest BCUT2D eigenvalue weighted by Crippen LogP contribution is -2.37. The summed E-state index contributed by atoms with van der Waals surface area (Å²) in [7, 11) is 1.10. The summed E-state index contributed by atoms with van der Waals surface area (Å²) in [6.07, 6.45) is 47.6. The maximum atomic E-state index is 12.6. The third kappa shape index (κ3) is 40.8. The average molecular weight is 804 g/mol. The lowest BCUT2D eigenvalue weighted by molar-refractivity contribution is -0.870. The van der Waals surface area contributed by atoms with Crippen LogP contribution in [0.5, 0.6) is 0 Å². The van der Waals surface area contributed by atoms with Crippen LogP contribution in [0.25, 0.3) is 0 Å². The van der Waals surface area contributed by atoms with Crippen molar-refractivity contribution in [1.82, 2.24) is 0 Å². The Balaban J connectivity index is 4.53. The molecule has 0 spiro atoms. The summed E-state index contributed by atoms with van der Waals surface area (Å²) in [6.45, 7) is 3.97. The number of phosphoric acid groups is 1. The molecule has 0 amide bonds. The Kier molecular flexibility index (Phi) is 35.9. The molecule has 0 radical (unpaired) electrons. The van der Waals surface area contributed by atoms with Crippen LogP contribution >= 0.6 is 7.82 Å². The Hall–Kier alpha value is -2.81. The van der Waals surface area contributed by atoms with Gasteiger partial charge < -0.3 is 27.9 Å². The molecule has 0 aliphatic carbocycles. The van der Waals surface area contributed by atoms with Crippen LogP contribution in [-0.2, 0) is 32.7 Å². The SMILES string of the molecule is CC/C=C\C/C=C\C/C=C\C/C=C\C/C=C\CCCC(=O)O[C@H](COC(=O)CCCCCCC/C=C\C/C=C\CCCCC)COP(=O)([O-])OCC[N+](C)(C)C. The highest BCUT2D eigenvalue weighted by Crippen LogP contribution is 2.38. The predicted octanol–water partition coefficient (Wildman–Crippen LogP) is 11.4. The van der Waals surface area contributed by atoms with Gasteiger partial charge in [0.05, 0.1) is 27.7 Å². The zero-order valence-electron chi connectivity index (χ0n) is 35.8. The van der Waals surface area contributed by atoms with Gasteiger partial charge in [-0.05, 0) is 83.5 Å². The number of allylic oxidation sites excluding steroid dienone is 14. The van der Waals surface area contributed by atoms with Gasteiger partial charge in [0.25, 0.3) is 7.82 Å². The van der Waals surface area contributed by atoms with Gasteiger partial charge in [-0.2, -0.15) is 0 Å². The number of esters is 2. The van der Waals surface area contributed by atoms with Gasteiger partial charge in [0.15, 0.2) is 6.10 Å². The zero-order chi connectivity index (χ0) is 41.4. The van der Waals surface area contributed by atoms with Crippen LogP contribution in [-0.4, -0.2) is 70.0 Å². The Bertz CT molecular complexity index is 1230. The van der Waals surface area contributed by atoms with Crippen molar-refractivity contribution in [2.75, 3.05) is 47.5 Å². The van der Waals surface area contributed by atoms with Crippen LogP contribution < -0.4 is 4.89 Å². The second kappa shape index (κ2) is 37.7. The maximum absolute atomic E-state index is 12.6. The summed E-state index contributed by atoms with van der Waals surface area (Å²) in [5.74, 6) is -0.929. The molecule has 10 heteroatoms. The van der Waals surface area contributed by atoms with Gasteiger partial charge in [0.2, 0.25) is 0 Å². The van der Waals surface area contributed by atoms with Crippen LogP contribution in [0.1, 0.15) is 142 Å². The molecule has 0 saturated heterocycles. The summed E-state index contributed by atoms with van der Waals surface area (Å²) < 4.78 is 33.8. The van der Waals surface area contributed by atoms with Crippen molar-refractivity contribution in [2.45, 2.75) is 148 Å². The summed E-state index contributed by atoms with van der Waals surface area (Å²) in [6, 6.07) is 0. The normalized spacial score (nSPS) is 14.5. The van der Waals surface area contributed by atoms with Crippen molar-refractivity contribution in [1.29, 1.82) is 0 Å². The van der Waals surface area contributed by atoms with Gasteiger partial charge in [-0.15, -0.1) is 0 Å². The summed E-state index contributed by atoms with van der Waals surface area (Å²) in [4.78, 5) is 37.5. The molecule has 0 aromatic heterocycles. The number of unbranched alkanes of at least 4 members (excludes halogenated alkanes) is 9. The number of carbonyl (C=O) groups is 2. The number of likely N-dealkylation sites (N-methyl/N-ethyl adjacent to an activating group) is 1. The van der Waals surface area contributed by atoms with Crippen molar-refractivity contribution >= 4 is 19.8 Å². The van der Waals surface area contributed by atoms with Crippen molar-refractivity contribution in [2.24, 2.45) is 0 Å². The maximum Gasteiger partial charge on any atom is 0.306 e. The van der Waals surface area contributed by atoms with E-state index in [-0.39, 0.29) is 26.1 Å². The van der Waals surface area contributed by atoms with Crippen LogP contribution in [0, 0.1) is 0 Å². The van der Waals surface area contributed by atoms with Gasteiger partial charge in [-0.25, -0.2) is 0 Å². The fraction of sp³-hybridized carbons (Fsp3) is 0.652. The lowest BCUT2D eigenvalue weighted by atomic mass is 10.1. The molecule has 0 aliphatic rings. The van der Waals surface area contributed by atoms with E-state index >= 15 is 0 Å². The molecule has 0 N–H and O–H groups in total. The number of rotatable bonds is 37. The predicted molar refractivity (Wildman–Crippen MR) is 231 cm³/mol. The molecule has 0 saturated carbocycles. The highest BCUT2D eigenvalue weighted by Gasteiger charge is 2.21. The first-order chi connectivity index (χ1) is 27.0. The Morgan fingerprint density at radius 2 is 1.04 bits per heavy atom. The molecule has 1 unspecified atom stereocenters. The van der Waals surface area contributed by atoms with Crippen molar-refractivity contribution in [3.8, 4) is 0 Å². The van der Waals surface area contributed by atoms with Gasteiger partial charge in [0.1, 0.15) is 19.8 Å². The fourth-order valence-corrected chi connectivity index (χ4v) is 5.80. The van der Waals surface area contributed by atoms with Gasteiger partial charge in [0, 0.05) is 12.8 Å². The molecule has 0 fully saturated rings. The highest BCUT2D eigenvalue weighted by molar-refractivity contribution is 7.45. The molecule has 0 heterocycles. The molecule has 9 nitrogen and oxygen atoms in total.